The summed E-state index contributed by atoms with van der Waals surface area (Å²) >= 11 is 0. The minimum atomic E-state index is -0.847. The Bertz CT molecular complexity index is 474. The number of anilines is 1. The van der Waals surface area contributed by atoms with Gasteiger partial charge in [0.05, 0.1) is 18.5 Å². The molecule has 1 amide bonds. The Morgan fingerprint density at radius 2 is 2.05 bits per heavy atom. The van der Waals surface area contributed by atoms with Crippen molar-refractivity contribution >= 4 is 11.6 Å². The van der Waals surface area contributed by atoms with Crippen LogP contribution in [0.4, 0.5) is 5.69 Å². The predicted octanol–water partition coefficient (Wildman–Crippen LogP) is 2.79. The summed E-state index contributed by atoms with van der Waals surface area (Å²) in [4.78, 5) is 16.6. The number of nitrogens with one attached hydrogen (secondary N) is 1. The van der Waals surface area contributed by atoms with E-state index >= 15 is 0 Å². The van der Waals surface area contributed by atoms with Gasteiger partial charge in [-0.05, 0) is 32.3 Å². The van der Waals surface area contributed by atoms with Crippen LogP contribution in [-0.2, 0) is 9.53 Å². The standard InChI is InChI=1S/C15H24N2O3/c1-10(2)9-15(4,20-6)14(18)17-12-7-8-13(19-5)16-11(12)3/h7-8,10H,9H2,1-6H3,(H,17,18). The van der Waals surface area contributed by atoms with Crippen molar-refractivity contribution in [2.45, 2.75) is 39.7 Å². The van der Waals surface area contributed by atoms with Crippen LogP contribution in [0.2, 0.25) is 0 Å². The first-order valence-electron chi connectivity index (χ1n) is 6.70. The third kappa shape index (κ3) is 3.93. The van der Waals surface area contributed by atoms with Gasteiger partial charge in [-0.1, -0.05) is 13.8 Å². The Balaban J connectivity index is 2.89. The lowest BCUT2D eigenvalue weighted by atomic mass is 9.93. The number of aryl methyl sites for hydroxylation is 1. The third-order valence-electron chi connectivity index (χ3n) is 3.25. The van der Waals surface area contributed by atoms with Crippen molar-refractivity contribution in [1.29, 1.82) is 0 Å². The number of nitrogens with zero attached hydrogens (tertiary/aromatic N) is 1. The van der Waals surface area contributed by atoms with E-state index < -0.39 is 5.60 Å². The summed E-state index contributed by atoms with van der Waals surface area (Å²) in [7, 11) is 3.12. The molecule has 1 heterocycles. The van der Waals surface area contributed by atoms with Gasteiger partial charge < -0.3 is 14.8 Å². The van der Waals surface area contributed by atoms with Gasteiger partial charge in [-0.15, -0.1) is 0 Å². The number of rotatable bonds is 6. The molecule has 0 saturated heterocycles. The molecule has 0 aliphatic carbocycles. The van der Waals surface area contributed by atoms with Gasteiger partial charge >= 0.3 is 0 Å². The molecule has 0 aromatic carbocycles. The summed E-state index contributed by atoms with van der Waals surface area (Å²) in [6, 6.07) is 3.50. The molecule has 1 N–H and O–H groups in total. The summed E-state index contributed by atoms with van der Waals surface area (Å²) in [5, 5.41) is 2.88. The zero-order chi connectivity index (χ0) is 15.3. The van der Waals surface area contributed by atoms with Gasteiger partial charge in [0.2, 0.25) is 5.88 Å². The van der Waals surface area contributed by atoms with E-state index in [4.69, 9.17) is 9.47 Å². The van der Waals surface area contributed by atoms with Crippen LogP contribution in [0, 0.1) is 12.8 Å². The third-order valence-corrected chi connectivity index (χ3v) is 3.25. The van der Waals surface area contributed by atoms with Gasteiger partial charge in [0.1, 0.15) is 5.60 Å². The summed E-state index contributed by atoms with van der Waals surface area (Å²) in [5.74, 6) is 0.724. The fourth-order valence-electron chi connectivity index (χ4n) is 2.09. The molecule has 0 spiro atoms. The number of methoxy groups -OCH3 is 2. The van der Waals surface area contributed by atoms with Crippen molar-refractivity contribution < 1.29 is 14.3 Å². The Morgan fingerprint density at radius 1 is 1.40 bits per heavy atom. The molecule has 5 heteroatoms. The van der Waals surface area contributed by atoms with Crippen LogP contribution in [-0.4, -0.2) is 30.7 Å². The van der Waals surface area contributed by atoms with E-state index in [-0.39, 0.29) is 5.91 Å². The first-order valence-corrected chi connectivity index (χ1v) is 6.70. The summed E-state index contributed by atoms with van der Waals surface area (Å²) in [6.45, 7) is 7.74. The van der Waals surface area contributed by atoms with Crippen LogP contribution >= 0.6 is 0 Å². The molecule has 20 heavy (non-hydrogen) atoms. The molecule has 1 atom stereocenters. The zero-order valence-corrected chi connectivity index (χ0v) is 13.1. The maximum absolute atomic E-state index is 12.4. The Hall–Kier alpha value is -1.62. The van der Waals surface area contributed by atoms with E-state index in [0.717, 1.165) is 0 Å². The molecule has 0 bridgehead atoms. The first kappa shape index (κ1) is 16.4. The lowest BCUT2D eigenvalue weighted by Crippen LogP contribution is -2.43. The van der Waals surface area contributed by atoms with Crippen molar-refractivity contribution in [2.24, 2.45) is 5.92 Å². The van der Waals surface area contributed by atoms with Crippen LogP contribution in [0.5, 0.6) is 5.88 Å². The molecular weight excluding hydrogens is 256 g/mol. The topological polar surface area (TPSA) is 60.5 Å². The lowest BCUT2D eigenvalue weighted by Gasteiger charge is -2.28. The summed E-state index contributed by atoms with van der Waals surface area (Å²) < 4.78 is 10.5. The maximum Gasteiger partial charge on any atom is 0.256 e. The SMILES string of the molecule is COc1ccc(NC(=O)C(C)(CC(C)C)OC)c(C)n1. The fourth-order valence-corrected chi connectivity index (χ4v) is 2.09. The van der Waals surface area contributed by atoms with Gasteiger partial charge in [-0.2, -0.15) is 0 Å². The van der Waals surface area contributed by atoms with Crippen LogP contribution in [0.15, 0.2) is 12.1 Å². The van der Waals surface area contributed by atoms with Gasteiger partial charge in [-0.3, -0.25) is 4.79 Å². The van der Waals surface area contributed by atoms with Crippen LogP contribution < -0.4 is 10.1 Å². The van der Waals surface area contributed by atoms with Crippen LogP contribution in [0.25, 0.3) is 0 Å². The van der Waals surface area contributed by atoms with Crippen molar-refractivity contribution in [3.8, 4) is 5.88 Å². The van der Waals surface area contributed by atoms with E-state index in [1.165, 1.54) is 0 Å². The lowest BCUT2D eigenvalue weighted by molar-refractivity contribution is -0.137. The molecular formula is C15H24N2O3. The molecule has 5 nitrogen and oxygen atoms in total. The first-order chi connectivity index (χ1) is 9.32. The smallest absolute Gasteiger partial charge is 0.256 e. The number of ether oxygens (including phenoxy) is 2. The highest BCUT2D eigenvalue weighted by atomic mass is 16.5. The van der Waals surface area contributed by atoms with Crippen molar-refractivity contribution in [1.82, 2.24) is 4.98 Å². The highest BCUT2D eigenvalue weighted by molar-refractivity contribution is 5.97. The molecule has 1 aromatic heterocycles. The second-order valence-electron chi connectivity index (χ2n) is 5.47. The highest BCUT2D eigenvalue weighted by Gasteiger charge is 2.34. The van der Waals surface area contributed by atoms with Gasteiger partial charge in [0, 0.05) is 13.2 Å². The zero-order valence-electron chi connectivity index (χ0n) is 13.1. The Morgan fingerprint density at radius 3 is 2.50 bits per heavy atom. The quantitative estimate of drug-likeness (QED) is 0.870. The predicted molar refractivity (Wildman–Crippen MR) is 79.0 cm³/mol. The second-order valence-corrected chi connectivity index (χ2v) is 5.47. The van der Waals surface area contributed by atoms with Crippen molar-refractivity contribution in [3.05, 3.63) is 17.8 Å². The Kier molecular flexibility index (Phi) is 5.51. The second kappa shape index (κ2) is 6.70. The molecule has 112 valence electrons. The number of carbonyl (C=O) groups is 1. The van der Waals surface area contributed by atoms with Crippen molar-refractivity contribution in [2.75, 3.05) is 19.5 Å². The molecule has 1 aromatic rings. The minimum Gasteiger partial charge on any atom is -0.481 e. The summed E-state index contributed by atoms with van der Waals surface area (Å²) in [5.41, 5.74) is 0.532. The monoisotopic (exact) mass is 280 g/mol. The molecule has 1 rings (SSSR count). The number of carbonyl (C=O) groups excluding carboxylic acids is 1. The van der Waals surface area contributed by atoms with Crippen LogP contribution in [0.1, 0.15) is 32.9 Å². The van der Waals surface area contributed by atoms with E-state index in [2.05, 4.69) is 24.1 Å². The maximum atomic E-state index is 12.4. The number of hydrogen-bond acceptors (Lipinski definition) is 4. The molecule has 0 fully saturated rings. The fraction of sp³-hybridized carbons (Fsp3) is 0.600. The number of aromatic nitrogens is 1. The van der Waals surface area contributed by atoms with E-state index in [0.29, 0.717) is 29.6 Å². The van der Waals surface area contributed by atoms with Crippen LogP contribution in [0.3, 0.4) is 0 Å². The van der Waals surface area contributed by atoms with Gasteiger partial charge in [0.25, 0.3) is 5.91 Å². The number of amides is 1. The molecule has 1 unspecified atom stereocenters. The normalized spacial score (nSPS) is 13.9. The highest BCUT2D eigenvalue weighted by Crippen LogP contribution is 2.24. The minimum absolute atomic E-state index is 0.163. The van der Waals surface area contributed by atoms with Gasteiger partial charge in [-0.25, -0.2) is 4.98 Å². The molecule has 0 aliphatic heterocycles. The summed E-state index contributed by atoms with van der Waals surface area (Å²) in [6.07, 6.45) is 0.651. The van der Waals surface area contributed by atoms with Crippen molar-refractivity contribution in [3.63, 3.8) is 0 Å². The van der Waals surface area contributed by atoms with E-state index in [1.807, 2.05) is 6.92 Å². The average molecular weight is 280 g/mol. The van der Waals surface area contributed by atoms with E-state index in [9.17, 15) is 4.79 Å². The average Bonchev–Trinajstić information content (AvgIpc) is 2.39. The molecule has 0 radical (unpaired) electrons. The van der Waals surface area contributed by atoms with E-state index in [1.54, 1.807) is 33.3 Å². The number of pyridine rings is 1. The number of hydrogen-bond donors (Lipinski definition) is 1. The largest absolute Gasteiger partial charge is 0.481 e. The molecule has 0 aliphatic rings. The van der Waals surface area contributed by atoms with Gasteiger partial charge in [0.15, 0.2) is 0 Å². The Labute approximate surface area is 120 Å². The molecule has 0 saturated carbocycles.